The van der Waals surface area contributed by atoms with E-state index in [-0.39, 0.29) is 23.8 Å². The smallest absolute Gasteiger partial charge is 0.240 e. The molecule has 0 radical (unpaired) electrons. The number of nitrogens with zero attached hydrogens (tertiary/aromatic N) is 1. The van der Waals surface area contributed by atoms with E-state index in [1.54, 1.807) is 24.4 Å². The highest BCUT2D eigenvalue weighted by molar-refractivity contribution is 5.87. The number of ether oxygens (including phenoxy) is 1. The molecule has 3 atom stereocenters. The molecule has 0 aliphatic carbocycles. The van der Waals surface area contributed by atoms with Gasteiger partial charge in [0.1, 0.15) is 11.6 Å². The molecule has 1 amide bonds. The normalized spacial score (nSPS) is 27.0. The molecule has 3 heterocycles. The van der Waals surface area contributed by atoms with Crippen molar-refractivity contribution in [2.45, 2.75) is 57.2 Å². The summed E-state index contributed by atoms with van der Waals surface area (Å²) in [4.78, 5) is 17.1. The van der Waals surface area contributed by atoms with Crippen LogP contribution in [0.3, 0.4) is 0 Å². The zero-order valence-corrected chi connectivity index (χ0v) is 16.3. The van der Waals surface area contributed by atoms with Crippen LogP contribution < -0.4 is 15.4 Å². The van der Waals surface area contributed by atoms with E-state index in [2.05, 4.69) is 15.6 Å². The van der Waals surface area contributed by atoms with Crippen LogP contribution in [0.4, 0.5) is 4.39 Å². The highest BCUT2D eigenvalue weighted by Gasteiger charge is 2.47. The minimum absolute atomic E-state index is 0.0164. The molecule has 5 nitrogen and oxygen atoms in total. The molecule has 2 aromatic rings. The third-order valence-electron chi connectivity index (χ3n) is 5.82. The summed E-state index contributed by atoms with van der Waals surface area (Å²) in [5, 5.41) is 6.59. The molecule has 0 unspecified atom stereocenters. The minimum Gasteiger partial charge on any atom is -0.494 e. The van der Waals surface area contributed by atoms with Crippen molar-refractivity contribution in [3.63, 3.8) is 0 Å². The molecule has 4 rings (SSSR count). The molecule has 0 saturated carbocycles. The van der Waals surface area contributed by atoms with Crippen molar-refractivity contribution in [2.75, 3.05) is 6.61 Å². The molecule has 1 aromatic carbocycles. The van der Waals surface area contributed by atoms with Crippen LogP contribution in [0.5, 0.6) is 5.75 Å². The van der Waals surface area contributed by atoms with Crippen molar-refractivity contribution in [3.05, 3.63) is 48.0 Å². The standard InChI is InChI=1S/C22H26FN3O2/c1-3-28-16-4-5-18(23)17(13-16)15-8-11-24-20(12-15)19-7-10-22(26-19)9-6-14(2)25-21(22)27/h4-5,8,11-14,19,26H,3,6-7,9-10H2,1-2H3,(H,25,27)/t14-,19+,22+/m0/s1. The van der Waals surface area contributed by atoms with Crippen molar-refractivity contribution in [2.24, 2.45) is 0 Å². The summed E-state index contributed by atoms with van der Waals surface area (Å²) < 4.78 is 19.9. The van der Waals surface area contributed by atoms with E-state index in [9.17, 15) is 9.18 Å². The lowest BCUT2D eigenvalue weighted by molar-refractivity contribution is -0.130. The molecular weight excluding hydrogens is 357 g/mol. The monoisotopic (exact) mass is 383 g/mol. The van der Waals surface area contributed by atoms with Gasteiger partial charge in [-0.1, -0.05) is 0 Å². The van der Waals surface area contributed by atoms with E-state index in [1.807, 2.05) is 19.9 Å². The SMILES string of the molecule is CCOc1ccc(F)c(-c2ccnc([C@H]3CC[C@@]4(CC[C@H](C)NC4=O)N3)c2)c1. The quantitative estimate of drug-likeness (QED) is 0.844. The van der Waals surface area contributed by atoms with Gasteiger partial charge in [-0.2, -0.15) is 0 Å². The maximum absolute atomic E-state index is 14.4. The maximum Gasteiger partial charge on any atom is 0.240 e. The molecule has 1 spiro atoms. The highest BCUT2D eigenvalue weighted by Crippen LogP contribution is 2.38. The molecule has 2 fully saturated rings. The first kappa shape index (κ1) is 18.9. The van der Waals surface area contributed by atoms with E-state index >= 15 is 0 Å². The lowest BCUT2D eigenvalue weighted by Gasteiger charge is -2.36. The number of benzene rings is 1. The Morgan fingerprint density at radius 2 is 2.07 bits per heavy atom. The Bertz CT molecular complexity index is 888. The second-order valence-electron chi connectivity index (χ2n) is 7.77. The fourth-order valence-electron chi connectivity index (χ4n) is 4.27. The van der Waals surface area contributed by atoms with E-state index in [0.29, 0.717) is 17.9 Å². The Balaban J connectivity index is 1.59. The van der Waals surface area contributed by atoms with Crippen LogP contribution in [-0.4, -0.2) is 29.1 Å². The predicted octanol–water partition coefficient (Wildman–Crippen LogP) is 3.75. The van der Waals surface area contributed by atoms with Crippen LogP contribution in [0, 0.1) is 5.82 Å². The molecule has 2 aliphatic heterocycles. The van der Waals surface area contributed by atoms with Gasteiger partial charge in [-0.15, -0.1) is 0 Å². The molecular formula is C22H26FN3O2. The summed E-state index contributed by atoms with van der Waals surface area (Å²) in [7, 11) is 0. The van der Waals surface area contributed by atoms with Gasteiger partial charge in [0.25, 0.3) is 0 Å². The second-order valence-corrected chi connectivity index (χ2v) is 7.77. The van der Waals surface area contributed by atoms with Crippen LogP contribution in [0.25, 0.3) is 11.1 Å². The molecule has 2 aliphatic rings. The first-order chi connectivity index (χ1) is 13.5. The van der Waals surface area contributed by atoms with Crippen molar-refractivity contribution in [3.8, 4) is 16.9 Å². The number of rotatable bonds is 4. The molecule has 2 saturated heterocycles. The minimum atomic E-state index is -0.505. The summed E-state index contributed by atoms with van der Waals surface area (Å²) >= 11 is 0. The third-order valence-corrected chi connectivity index (χ3v) is 5.82. The summed E-state index contributed by atoms with van der Waals surface area (Å²) in [5.74, 6) is 0.431. The summed E-state index contributed by atoms with van der Waals surface area (Å²) in [6.07, 6.45) is 5.12. The van der Waals surface area contributed by atoms with Crippen LogP contribution in [0.2, 0.25) is 0 Å². The fourth-order valence-corrected chi connectivity index (χ4v) is 4.27. The van der Waals surface area contributed by atoms with Crippen LogP contribution in [0.15, 0.2) is 36.5 Å². The van der Waals surface area contributed by atoms with E-state index in [0.717, 1.165) is 36.9 Å². The number of nitrogens with one attached hydrogen (secondary N) is 2. The van der Waals surface area contributed by atoms with Gasteiger partial charge in [0, 0.05) is 17.8 Å². The molecule has 6 heteroatoms. The zero-order chi connectivity index (χ0) is 19.7. The summed E-state index contributed by atoms with van der Waals surface area (Å²) in [6.45, 7) is 4.46. The Kier molecular flexibility index (Phi) is 5.06. The van der Waals surface area contributed by atoms with Crippen molar-refractivity contribution < 1.29 is 13.9 Å². The lowest BCUT2D eigenvalue weighted by atomic mass is 9.85. The van der Waals surface area contributed by atoms with Crippen molar-refractivity contribution >= 4 is 5.91 Å². The number of amides is 1. The average molecular weight is 383 g/mol. The number of halogens is 1. The zero-order valence-electron chi connectivity index (χ0n) is 16.3. The van der Waals surface area contributed by atoms with Gasteiger partial charge >= 0.3 is 0 Å². The fraction of sp³-hybridized carbons (Fsp3) is 0.455. The lowest BCUT2D eigenvalue weighted by Crippen LogP contribution is -2.59. The van der Waals surface area contributed by atoms with Gasteiger partial charge < -0.3 is 10.1 Å². The first-order valence-corrected chi connectivity index (χ1v) is 9.98. The Labute approximate surface area is 164 Å². The van der Waals surface area contributed by atoms with Gasteiger partial charge in [0.05, 0.1) is 23.9 Å². The van der Waals surface area contributed by atoms with Crippen LogP contribution in [-0.2, 0) is 4.79 Å². The second kappa shape index (κ2) is 7.51. The number of piperidine rings is 1. The van der Waals surface area contributed by atoms with E-state index in [4.69, 9.17) is 4.74 Å². The van der Waals surface area contributed by atoms with Gasteiger partial charge in [-0.3, -0.25) is 15.1 Å². The average Bonchev–Trinajstić information content (AvgIpc) is 3.13. The van der Waals surface area contributed by atoms with Gasteiger partial charge in [-0.25, -0.2) is 4.39 Å². The van der Waals surface area contributed by atoms with Gasteiger partial charge in [0.2, 0.25) is 5.91 Å². The summed E-state index contributed by atoms with van der Waals surface area (Å²) in [5.41, 5.74) is 1.58. The van der Waals surface area contributed by atoms with Crippen molar-refractivity contribution in [1.29, 1.82) is 0 Å². The molecule has 148 valence electrons. The number of hydrogen-bond donors (Lipinski definition) is 2. The number of carbonyl (C=O) groups excluding carboxylic acids is 1. The maximum atomic E-state index is 14.4. The van der Waals surface area contributed by atoms with E-state index in [1.165, 1.54) is 6.07 Å². The van der Waals surface area contributed by atoms with Crippen LogP contribution >= 0.6 is 0 Å². The molecule has 0 bridgehead atoms. The van der Waals surface area contributed by atoms with Crippen LogP contribution in [0.1, 0.15) is 51.3 Å². The predicted molar refractivity (Wildman–Crippen MR) is 105 cm³/mol. The van der Waals surface area contributed by atoms with Gasteiger partial charge in [0.15, 0.2) is 0 Å². The number of pyridine rings is 1. The Morgan fingerprint density at radius 3 is 2.86 bits per heavy atom. The number of hydrogen-bond acceptors (Lipinski definition) is 4. The Morgan fingerprint density at radius 1 is 1.25 bits per heavy atom. The van der Waals surface area contributed by atoms with Gasteiger partial charge in [-0.05, 0) is 75.4 Å². The number of aromatic nitrogens is 1. The third kappa shape index (κ3) is 3.49. The largest absolute Gasteiger partial charge is 0.494 e. The Hall–Kier alpha value is -2.47. The number of carbonyl (C=O) groups is 1. The molecule has 1 aromatic heterocycles. The first-order valence-electron chi connectivity index (χ1n) is 9.98. The van der Waals surface area contributed by atoms with E-state index < -0.39 is 5.54 Å². The van der Waals surface area contributed by atoms with Crippen molar-refractivity contribution in [1.82, 2.24) is 15.6 Å². The molecule has 2 N–H and O–H groups in total. The molecule has 28 heavy (non-hydrogen) atoms. The highest BCUT2D eigenvalue weighted by atomic mass is 19.1. The summed E-state index contributed by atoms with van der Waals surface area (Å²) in [6, 6.07) is 8.70. The topological polar surface area (TPSA) is 63.2 Å².